The van der Waals surface area contributed by atoms with Crippen molar-refractivity contribution in [3.8, 4) is 0 Å². The molecule has 0 bridgehead atoms. The van der Waals surface area contributed by atoms with E-state index in [2.05, 4.69) is 20.2 Å². The quantitative estimate of drug-likeness (QED) is 0.777. The number of ether oxygens (including phenoxy) is 1. The van der Waals surface area contributed by atoms with Crippen LogP contribution in [0.3, 0.4) is 0 Å². The summed E-state index contributed by atoms with van der Waals surface area (Å²) in [6.45, 7) is 5.17. The Kier molecular flexibility index (Phi) is 5.16. The van der Waals surface area contributed by atoms with Crippen molar-refractivity contribution in [3.05, 3.63) is 35.4 Å². The first-order valence-corrected chi connectivity index (χ1v) is 6.94. The van der Waals surface area contributed by atoms with Gasteiger partial charge in [-0.25, -0.2) is 9.97 Å². The molecule has 2 aromatic rings. The summed E-state index contributed by atoms with van der Waals surface area (Å²) in [4.78, 5) is 22.4. The molecule has 0 saturated carbocycles. The highest BCUT2D eigenvalue weighted by Gasteiger charge is 2.17. The maximum atomic E-state index is 12.5. The number of hydrogen-bond acceptors (Lipinski definition) is 6. The van der Waals surface area contributed by atoms with Crippen LogP contribution in [-0.4, -0.2) is 56.3 Å². The average Bonchev–Trinajstić information content (AvgIpc) is 2.90. The summed E-state index contributed by atoms with van der Waals surface area (Å²) in [6, 6.07) is 1.68. The molecule has 8 nitrogen and oxygen atoms in total. The predicted octanol–water partition coefficient (Wildman–Crippen LogP) is 0.604. The van der Waals surface area contributed by atoms with Crippen LogP contribution < -0.4 is 0 Å². The van der Waals surface area contributed by atoms with Crippen molar-refractivity contribution in [1.29, 1.82) is 0 Å². The lowest BCUT2D eigenvalue weighted by Crippen LogP contribution is -2.29. The predicted molar refractivity (Wildman–Crippen MR) is 79.2 cm³/mol. The van der Waals surface area contributed by atoms with E-state index >= 15 is 0 Å². The third-order valence-electron chi connectivity index (χ3n) is 3.14. The highest BCUT2D eigenvalue weighted by atomic mass is 16.5. The summed E-state index contributed by atoms with van der Waals surface area (Å²) >= 11 is 0. The Bertz CT molecular complexity index is 634. The Morgan fingerprint density at radius 2 is 2.14 bits per heavy atom. The molecule has 22 heavy (non-hydrogen) atoms. The number of carbonyl (C=O) groups is 1. The van der Waals surface area contributed by atoms with Crippen molar-refractivity contribution < 1.29 is 9.53 Å². The fourth-order valence-electron chi connectivity index (χ4n) is 2.08. The molecule has 8 heteroatoms. The van der Waals surface area contributed by atoms with E-state index < -0.39 is 0 Å². The maximum Gasteiger partial charge on any atom is 0.272 e. The van der Waals surface area contributed by atoms with E-state index in [9.17, 15) is 4.79 Å². The molecule has 1 amide bonds. The zero-order chi connectivity index (χ0) is 16.1. The first kappa shape index (κ1) is 16.0. The molecule has 0 aliphatic heterocycles. The van der Waals surface area contributed by atoms with Crippen molar-refractivity contribution in [2.24, 2.45) is 0 Å². The van der Waals surface area contributed by atoms with Crippen LogP contribution in [0.2, 0.25) is 0 Å². The van der Waals surface area contributed by atoms with Gasteiger partial charge in [-0.3, -0.25) is 4.79 Å². The van der Waals surface area contributed by atoms with Gasteiger partial charge in [0.1, 0.15) is 17.8 Å². The molecule has 0 atom stereocenters. The summed E-state index contributed by atoms with van der Waals surface area (Å²) < 4.78 is 6.91. The van der Waals surface area contributed by atoms with Crippen LogP contribution in [-0.2, 0) is 17.8 Å². The van der Waals surface area contributed by atoms with Gasteiger partial charge in [0.05, 0.1) is 13.2 Å². The highest BCUT2D eigenvalue weighted by molar-refractivity contribution is 5.92. The highest BCUT2D eigenvalue weighted by Crippen LogP contribution is 2.07. The summed E-state index contributed by atoms with van der Waals surface area (Å²) in [6.07, 6.45) is 1.63. The summed E-state index contributed by atoms with van der Waals surface area (Å²) in [5.74, 6) is 1.12. The minimum atomic E-state index is -0.171. The van der Waals surface area contributed by atoms with Crippen LogP contribution in [0.4, 0.5) is 0 Å². The van der Waals surface area contributed by atoms with E-state index in [0.717, 1.165) is 5.69 Å². The van der Waals surface area contributed by atoms with Crippen LogP contribution in [0.15, 0.2) is 12.4 Å². The number of aromatic nitrogens is 5. The van der Waals surface area contributed by atoms with Gasteiger partial charge < -0.3 is 14.2 Å². The molecule has 0 radical (unpaired) electrons. The Morgan fingerprint density at radius 3 is 2.82 bits per heavy atom. The lowest BCUT2D eigenvalue weighted by molar-refractivity contribution is 0.0772. The molecule has 0 aromatic carbocycles. The summed E-state index contributed by atoms with van der Waals surface area (Å²) in [7, 11) is 3.35. The van der Waals surface area contributed by atoms with Crippen LogP contribution in [0, 0.1) is 13.8 Å². The minimum Gasteiger partial charge on any atom is -0.383 e. The molecule has 0 aliphatic rings. The number of carbonyl (C=O) groups excluding carboxylic acids is 1. The van der Waals surface area contributed by atoms with Gasteiger partial charge in [0.15, 0.2) is 5.82 Å². The largest absolute Gasteiger partial charge is 0.383 e. The molecule has 0 spiro atoms. The van der Waals surface area contributed by atoms with Crippen molar-refractivity contribution in [2.45, 2.75) is 26.9 Å². The lowest BCUT2D eigenvalue weighted by atomic mass is 10.3. The van der Waals surface area contributed by atoms with Crippen LogP contribution in [0.1, 0.15) is 27.8 Å². The number of aryl methyl sites for hydroxylation is 2. The number of nitrogens with zero attached hydrogens (tertiary/aromatic N) is 6. The van der Waals surface area contributed by atoms with Crippen molar-refractivity contribution >= 4 is 5.91 Å². The number of hydrogen-bond donors (Lipinski definition) is 0. The average molecular weight is 304 g/mol. The standard InChI is InChI=1S/C14H20N6O2/c1-10-7-12(17-11(2)16-10)14(21)19(3)8-13-18-15-9-20(13)5-6-22-4/h7,9H,5-6,8H2,1-4H3. The molecule has 0 saturated heterocycles. The molecule has 2 heterocycles. The van der Waals surface area contributed by atoms with E-state index in [1.807, 2.05) is 11.5 Å². The maximum absolute atomic E-state index is 12.5. The number of amides is 1. The van der Waals surface area contributed by atoms with Gasteiger partial charge in [0.2, 0.25) is 0 Å². The molecular formula is C14H20N6O2. The van der Waals surface area contributed by atoms with E-state index in [1.165, 1.54) is 0 Å². The van der Waals surface area contributed by atoms with Crippen LogP contribution in [0.5, 0.6) is 0 Å². The third kappa shape index (κ3) is 3.85. The Balaban J connectivity index is 2.10. The molecule has 0 fully saturated rings. The minimum absolute atomic E-state index is 0.171. The first-order chi connectivity index (χ1) is 10.5. The normalized spacial score (nSPS) is 10.7. The van der Waals surface area contributed by atoms with Gasteiger partial charge in [-0.15, -0.1) is 10.2 Å². The van der Waals surface area contributed by atoms with Crippen molar-refractivity contribution in [2.75, 3.05) is 20.8 Å². The molecule has 2 aromatic heterocycles. The summed E-state index contributed by atoms with van der Waals surface area (Å²) in [5, 5.41) is 7.93. The van der Waals surface area contributed by atoms with E-state index in [0.29, 0.717) is 37.0 Å². The van der Waals surface area contributed by atoms with Gasteiger partial charge >= 0.3 is 0 Å². The lowest BCUT2D eigenvalue weighted by Gasteiger charge is -2.17. The van der Waals surface area contributed by atoms with Gasteiger partial charge in [-0.1, -0.05) is 0 Å². The molecule has 118 valence electrons. The Labute approximate surface area is 129 Å². The SMILES string of the molecule is COCCn1cnnc1CN(C)C(=O)c1cc(C)nc(C)n1. The van der Waals surface area contributed by atoms with Gasteiger partial charge in [-0.2, -0.15) is 0 Å². The zero-order valence-electron chi connectivity index (χ0n) is 13.3. The fraction of sp³-hybridized carbons (Fsp3) is 0.500. The van der Waals surface area contributed by atoms with Gasteiger partial charge in [0, 0.05) is 26.4 Å². The topological polar surface area (TPSA) is 86.0 Å². The third-order valence-corrected chi connectivity index (χ3v) is 3.14. The van der Waals surface area contributed by atoms with Crippen LogP contribution in [0.25, 0.3) is 0 Å². The fourth-order valence-corrected chi connectivity index (χ4v) is 2.08. The number of rotatable bonds is 6. The van der Waals surface area contributed by atoms with Crippen LogP contribution >= 0.6 is 0 Å². The Morgan fingerprint density at radius 1 is 1.36 bits per heavy atom. The smallest absolute Gasteiger partial charge is 0.272 e. The monoisotopic (exact) mass is 304 g/mol. The number of methoxy groups -OCH3 is 1. The van der Waals surface area contributed by atoms with E-state index in [-0.39, 0.29) is 5.91 Å². The second-order valence-electron chi connectivity index (χ2n) is 5.04. The molecular weight excluding hydrogens is 284 g/mol. The first-order valence-electron chi connectivity index (χ1n) is 6.94. The van der Waals surface area contributed by atoms with E-state index in [4.69, 9.17) is 4.74 Å². The molecule has 0 aliphatic carbocycles. The molecule has 0 unspecified atom stereocenters. The summed E-state index contributed by atoms with van der Waals surface area (Å²) in [5.41, 5.74) is 1.16. The second kappa shape index (κ2) is 7.08. The molecule has 0 N–H and O–H groups in total. The van der Waals surface area contributed by atoms with Gasteiger partial charge in [-0.05, 0) is 19.9 Å². The molecule has 2 rings (SSSR count). The van der Waals surface area contributed by atoms with E-state index in [1.54, 1.807) is 38.4 Å². The van der Waals surface area contributed by atoms with Crippen molar-refractivity contribution in [3.63, 3.8) is 0 Å². The van der Waals surface area contributed by atoms with Gasteiger partial charge in [0.25, 0.3) is 5.91 Å². The second-order valence-corrected chi connectivity index (χ2v) is 5.04. The Hall–Kier alpha value is -2.35. The zero-order valence-corrected chi connectivity index (χ0v) is 13.3. The van der Waals surface area contributed by atoms with Crippen molar-refractivity contribution in [1.82, 2.24) is 29.6 Å².